The molecule has 0 fully saturated rings. The summed E-state index contributed by atoms with van der Waals surface area (Å²) in [6.45, 7) is 0. The largest absolute Gasteiger partial charge is 0.241 e. The van der Waals surface area contributed by atoms with Gasteiger partial charge in [0.25, 0.3) is 0 Å². The summed E-state index contributed by atoms with van der Waals surface area (Å²) in [5.41, 5.74) is -1.46. The van der Waals surface area contributed by atoms with E-state index >= 15 is 0 Å². The fraction of sp³-hybridized carbons (Fsp3) is 0.250. The molecule has 1 aromatic rings. The van der Waals surface area contributed by atoms with Crippen molar-refractivity contribution in [3.05, 3.63) is 34.6 Å². The summed E-state index contributed by atoms with van der Waals surface area (Å²) in [5.74, 6) is -10.9. The van der Waals surface area contributed by atoms with E-state index in [4.69, 9.17) is 0 Å². The molecule has 0 spiro atoms. The second-order valence-electron chi connectivity index (χ2n) is 2.61. The van der Waals surface area contributed by atoms with Gasteiger partial charge < -0.3 is 0 Å². The van der Waals surface area contributed by atoms with Crippen LogP contribution < -0.4 is 0 Å². The zero-order valence-electron chi connectivity index (χ0n) is 6.93. The van der Waals surface area contributed by atoms with Gasteiger partial charge in [-0.2, -0.15) is 0 Å². The lowest BCUT2D eigenvalue weighted by atomic mass is 10.1. The maximum Gasteiger partial charge on any atom is 0.200 e. The second kappa shape index (κ2) is 4.42. The van der Waals surface area contributed by atoms with Gasteiger partial charge in [-0.1, -0.05) is 15.9 Å². The van der Waals surface area contributed by atoms with E-state index in [9.17, 15) is 26.3 Å². The molecule has 0 aromatic heterocycles. The number of benzene rings is 1. The van der Waals surface area contributed by atoms with Crippen molar-refractivity contribution < 1.29 is 26.3 Å². The van der Waals surface area contributed by atoms with Gasteiger partial charge in [0.1, 0.15) is 6.17 Å². The third-order valence-corrected chi connectivity index (χ3v) is 2.26. The number of hydrogen-bond donors (Lipinski definition) is 0. The van der Waals surface area contributed by atoms with Gasteiger partial charge in [0, 0.05) is 5.33 Å². The number of halogens is 7. The third-order valence-electron chi connectivity index (χ3n) is 1.69. The first kappa shape index (κ1) is 12.4. The smallest absolute Gasteiger partial charge is 0.200 e. The van der Waals surface area contributed by atoms with Gasteiger partial charge in [0.2, 0.25) is 5.82 Å². The maximum atomic E-state index is 12.9. The minimum absolute atomic E-state index is 0.564. The summed E-state index contributed by atoms with van der Waals surface area (Å²) in [6, 6.07) is 0. The Kier molecular flexibility index (Phi) is 3.64. The van der Waals surface area contributed by atoms with Crippen LogP contribution in [0.15, 0.2) is 0 Å². The summed E-state index contributed by atoms with van der Waals surface area (Å²) >= 11 is 2.54. The van der Waals surface area contributed by atoms with Gasteiger partial charge in [-0.3, -0.25) is 0 Å². The highest BCUT2D eigenvalue weighted by atomic mass is 79.9. The van der Waals surface area contributed by atoms with E-state index in [1.165, 1.54) is 0 Å². The van der Waals surface area contributed by atoms with E-state index in [1.54, 1.807) is 0 Å². The molecule has 0 aliphatic heterocycles. The van der Waals surface area contributed by atoms with E-state index < -0.39 is 46.2 Å². The Balaban J connectivity index is 3.52. The summed E-state index contributed by atoms with van der Waals surface area (Å²) in [6.07, 6.45) is -2.30. The van der Waals surface area contributed by atoms with Gasteiger partial charge in [0.15, 0.2) is 23.3 Å². The van der Waals surface area contributed by atoms with E-state index in [0.717, 1.165) is 0 Å². The average Bonchev–Trinajstić information content (AvgIpc) is 2.23. The van der Waals surface area contributed by atoms with Crippen LogP contribution in [0.5, 0.6) is 0 Å². The van der Waals surface area contributed by atoms with E-state index in [0.29, 0.717) is 0 Å². The summed E-state index contributed by atoms with van der Waals surface area (Å²) in [4.78, 5) is 0. The highest BCUT2D eigenvalue weighted by Gasteiger charge is 2.29. The molecule has 0 heterocycles. The van der Waals surface area contributed by atoms with Gasteiger partial charge in [-0.15, -0.1) is 0 Å². The van der Waals surface area contributed by atoms with Crippen molar-refractivity contribution in [3.63, 3.8) is 0 Å². The van der Waals surface area contributed by atoms with E-state index in [-0.39, 0.29) is 0 Å². The molecule has 84 valence electrons. The zero-order valence-corrected chi connectivity index (χ0v) is 8.52. The molecule has 1 aromatic carbocycles. The molecule has 0 saturated carbocycles. The molecular weight excluding hydrogens is 290 g/mol. The third kappa shape index (κ3) is 1.97. The number of hydrogen-bond acceptors (Lipinski definition) is 0. The van der Waals surface area contributed by atoms with Crippen molar-refractivity contribution >= 4 is 15.9 Å². The van der Waals surface area contributed by atoms with Crippen LogP contribution in [-0.4, -0.2) is 5.33 Å². The topological polar surface area (TPSA) is 0 Å². The first-order valence-corrected chi connectivity index (χ1v) is 4.75. The fourth-order valence-corrected chi connectivity index (χ4v) is 1.30. The van der Waals surface area contributed by atoms with Crippen molar-refractivity contribution in [3.8, 4) is 0 Å². The first-order valence-electron chi connectivity index (χ1n) is 3.63. The van der Waals surface area contributed by atoms with Gasteiger partial charge in [-0.05, 0) is 0 Å². The Morgan fingerprint density at radius 3 is 1.47 bits per heavy atom. The minimum Gasteiger partial charge on any atom is -0.241 e. The Hall–Kier alpha value is -0.720. The van der Waals surface area contributed by atoms with Crippen LogP contribution in [-0.2, 0) is 0 Å². The standard InChI is InChI=1S/C8H3BrF6/c9-1-2(10)3-4(11)6(13)8(15)7(14)5(3)12/h2H,1H2/t2-/m0/s1. The molecule has 15 heavy (non-hydrogen) atoms. The van der Waals surface area contributed by atoms with Crippen molar-refractivity contribution in [2.45, 2.75) is 6.17 Å². The maximum absolute atomic E-state index is 12.9. The summed E-state index contributed by atoms with van der Waals surface area (Å²) in [5, 5.41) is -0.564. The van der Waals surface area contributed by atoms with Gasteiger partial charge in [0.05, 0.1) is 5.56 Å². The van der Waals surface area contributed by atoms with Crippen LogP contribution in [0.2, 0.25) is 0 Å². The quantitative estimate of drug-likeness (QED) is 0.337. The molecule has 0 bridgehead atoms. The molecule has 7 heteroatoms. The first-order chi connectivity index (χ1) is 6.91. The monoisotopic (exact) mass is 292 g/mol. The van der Waals surface area contributed by atoms with Crippen LogP contribution >= 0.6 is 15.9 Å². The van der Waals surface area contributed by atoms with Crippen LogP contribution in [0.3, 0.4) is 0 Å². The molecule has 0 radical (unpaired) electrons. The van der Waals surface area contributed by atoms with Crippen molar-refractivity contribution in [1.29, 1.82) is 0 Å². The van der Waals surface area contributed by atoms with Crippen LogP contribution in [0.4, 0.5) is 26.3 Å². The number of alkyl halides is 2. The fourth-order valence-electron chi connectivity index (χ4n) is 0.974. The van der Waals surface area contributed by atoms with Crippen LogP contribution in [0.1, 0.15) is 11.7 Å². The summed E-state index contributed by atoms with van der Waals surface area (Å²) < 4.78 is 76.2. The predicted molar refractivity (Wildman–Crippen MR) is 43.9 cm³/mol. The average molecular weight is 293 g/mol. The van der Waals surface area contributed by atoms with Crippen molar-refractivity contribution in [1.82, 2.24) is 0 Å². The lowest BCUT2D eigenvalue weighted by Crippen LogP contribution is -2.09. The SMILES string of the molecule is Fc1c(F)c(F)c([C@@H](F)CBr)c(F)c1F. The molecule has 1 rings (SSSR count). The Morgan fingerprint density at radius 2 is 1.13 bits per heavy atom. The Morgan fingerprint density at radius 1 is 0.800 bits per heavy atom. The molecular formula is C8H3BrF6. The van der Waals surface area contributed by atoms with Gasteiger partial charge >= 0.3 is 0 Å². The Labute approximate surface area is 89.0 Å². The van der Waals surface area contributed by atoms with Gasteiger partial charge in [-0.25, -0.2) is 26.3 Å². The highest BCUT2D eigenvalue weighted by molar-refractivity contribution is 9.09. The molecule has 0 saturated heterocycles. The lowest BCUT2D eigenvalue weighted by molar-refractivity contribution is 0.317. The molecule has 0 nitrogen and oxygen atoms in total. The lowest BCUT2D eigenvalue weighted by Gasteiger charge is -2.09. The second-order valence-corrected chi connectivity index (χ2v) is 3.25. The molecule has 0 aliphatic carbocycles. The van der Waals surface area contributed by atoms with Crippen molar-refractivity contribution in [2.75, 3.05) is 5.33 Å². The molecule has 0 amide bonds. The molecule has 0 unspecified atom stereocenters. The van der Waals surface area contributed by atoms with Crippen LogP contribution in [0.25, 0.3) is 0 Å². The van der Waals surface area contributed by atoms with Crippen molar-refractivity contribution in [2.24, 2.45) is 0 Å². The predicted octanol–water partition coefficient (Wildman–Crippen LogP) is 3.79. The number of rotatable bonds is 2. The normalized spacial score (nSPS) is 13.0. The zero-order chi connectivity index (χ0) is 11.7. The summed E-state index contributed by atoms with van der Waals surface area (Å²) in [7, 11) is 0. The molecule has 1 atom stereocenters. The Bertz CT molecular complexity index is 362. The van der Waals surface area contributed by atoms with E-state index in [1.807, 2.05) is 0 Å². The van der Waals surface area contributed by atoms with E-state index in [2.05, 4.69) is 15.9 Å². The van der Waals surface area contributed by atoms with Crippen LogP contribution in [0, 0.1) is 29.1 Å². The minimum atomic E-state index is -2.30. The molecule has 0 N–H and O–H groups in total. The highest BCUT2D eigenvalue weighted by Crippen LogP contribution is 2.30. The molecule has 0 aliphatic rings.